The molecule has 0 N–H and O–H groups in total. The summed E-state index contributed by atoms with van der Waals surface area (Å²) in [6.45, 7) is 12.8. The minimum atomic E-state index is 0.00486. The van der Waals surface area contributed by atoms with Crippen LogP contribution in [-0.2, 0) is 10.8 Å². The lowest BCUT2D eigenvalue weighted by Crippen LogP contribution is -2.13. The normalized spacial score (nSPS) is 11.1. The van der Waals surface area contributed by atoms with E-state index >= 15 is 0 Å². The Labute approximate surface area is 193 Å². The van der Waals surface area contributed by atoms with Crippen molar-refractivity contribution in [3.8, 4) is 34.5 Å². The Kier molecular flexibility index (Phi) is 9.55. The van der Waals surface area contributed by atoms with Crippen LogP contribution in [0.15, 0.2) is 24.3 Å². The van der Waals surface area contributed by atoms with Crippen LogP contribution in [-0.4, -0.2) is 42.7 Å². The third-order valence-electron chi connectivity index (χ3n) is 5.03. The number of rotatable bonds is 6. The van der Waals surface area contributed by atoms with Gasteiger partial charge in [0.2, 0.25) is 5.75 Å². The molecule has 0 aliphatic carbocycles. The van der Waals surface area contributed by atoms with Crippen LogP contribution >= 0.6 is 0 Å². The summed E-state index contributed by atoms with van der Waals surface area (Å²) in [5.41, 5.74) is 2.22. The molecule has 32 heavy (non-hydrogen) atoms. The van der Waals surface area contributed by atoms with Crippen LogP contribution in [0.4, 0.5) is 0 Å². The van der Waals surface area contributed by atoms with Gasteiger partial charge in [-0.3, -0.25) is 0 Å². The summed E-state index contributed by atoms with van der Waals surface area (Å²) in [4.78, 5) is 0. The summed E-state index contributed by atoms with van der Waals surface area (Å²) in [5.74, 6) is 4.32. The van der Waals surface area contributed by atoms with Gasteiger partial charge >= 0.3 is 0 Å². The molecule has 0 amide bonds. The molecule has 0 spiro atoms. The molecular weight excluding hydrogens is 408 g/mol. The van der Waals surface area contributed by atoms with Gasteiger partial charge in [0.25, 0.3) is 0 Å². The van der Waals surface area contributed by atoms with Crippen LogP contribution in [0.2, 0.25) is 0 Å². The minimum Gasteiger partial charge on any atom is -0.496 e. The molecule has 0 atom stereocenters. The van der Waals surface area contributed by atoms with Crippen molar-refractivity contribution in [2.75, 3.05) is 42.7 Å². The second-order valence-electron chi connectivity index (χ2n) is 9.29. The van der Waals surface area contributed by atoms with E-state index in [1.54, 1.807) is 42.7 Å². The number of hydrogen-bond donors (Lipinski definition) is 0. The van der Waals surface area contributed by atoms with Crippen molar-refractivity contribution in [1.82, 2.24) is 0 Å². The highest BCUT2D eigenvalue weighted by Gasteiger charge is 2.24. The van der Waals surface area contributed by atoms with Gasteiger partial charge in [-0.2, -0.15) is 0 Å². The van der Waals surface area contributed by atoms with E-state index in [4.69, 9.17) is 28.4 Å². The summed E-state index contributed by atoms with van der Waals surface area (Å²) in [6, 6.07) is 7.75. The Hall–Kier alpha value is -2.76. The average Bonchev–Trinajstić information content (AvgIpc) is 2.75. The van der Waals surface area contributed by atoms with Crippen LogP contribution in [0, 0.1) is 0 Å². The fraction of sp³-hybridized carbons (Fsp3) is 0.538. The lowest BCUT2D eigenvalue weighted by molar-refractivity contribution is 0.318. The molecule has 0 fully saturated rings. The van der Waals surface area contributed by atoms with E-state index in [1.807, 2.05) is 24.3 Å². The molecule has 6 heteroatoms. The lowest BCUT2D eigenvalue weighted by Gasteiger charge is -2.24. The first-order valence-electron chi connectivity index (χ1n) is 10.5. The van der Waals surface area contributed by atoms with E-state index < -0.39 is 0 Å². The molecule has 0 aliphatic rings. The molecule has 2 aromatic rings. The third kappa shape index (κ3) is 6.38. The van der Waals surface area contributed by atoms with Crippen LogP contribution in [0.25, 0.3) is 0 Å². The van der Waals surface area contributed by atoms with E-state index in [2.05, 4.69) is 41.5 Å². The molecule has 0 saturated heterocycles. The first-order chi connectivity index (χ1) is 14.9. The highest BCUT2D eigenvalue weighted by Crippen LogP contribution is 2.44. The highest BCUT2D eigenvalue weighted by molar-refractivity contribution is 5.57. The maximum absolute atomic E-state index is 5.43. The SMILES string of the molecule is COc1cc(OC)c(C(C)(C)C)cc1OC.COc1ccc(C(C)(C)C)c(OC)c1OC. The fourth-order valence-electron chi connectivity index (χ4n) is 3.31. The zero-order valence-electron chi connectivity index (χ0n) is 21.8. The van der Waals surface area contributed by atoms with Gasteiger partial charge in [-0.1, -0.05) is 47.6 Å². The highest BCUT2D eigenvalue weighted by atomic mass is 16.5. The largest absolute Gasteiger partial charge is 0.496 e. The molecule has 0 aliphatic heterocycles. The van der Waals surface area contributed by atoms with E-state index in [0.717, 1.165) is 28.4 Å². The first-order valence-corrected chi connectivity index (χ1v) is 10.5. The molecular formula is C26H40O6. The maximum Gasteiger partial charge on any atom is 0.203 e. The van der Waals surface area contributed by atoms with Crippen LogP contribution in [0.3, 0.4) is 0 Å². The zero-order chi connectivity index (χ0) is 24.7. The number of benzene rings is 2. The summed E-state index contributed by atoms with van der Waals surface area (Å²) >= 11 is 0. The maximum atomic E-state index is 5.43. The summed E-state index contributed by atoms with van der Waals surface area (Å²) in [5, 5.41) is 0. The standard InChI is InChI=1S/2C13H20O3/c1-13(2,3)9-7-11(15-5)12(16-6)8-10(9)14-4;1-13(2,3)9-7-8-10(14-4)12(16-6)11(9)15-5/h2*7-8H,1-6H3. The lowest BCUT2D eigenvalue weighted by atomic mass is 9.86. The van der Waals surface area contributed by atoms with Crippen molar-refractivity contribution < 1.29 is 28.4 Å². The van der Waals surface area contributed by atoms with Gasteiger partial charge in [-0.25, -0.2) is 0 Å². The van der Waals surface area contributed by atoms with Gasteiger partial charge in [0.15, 0.2) is 23.0 Å². The predicted octanol–water partition coefficient (Wildman–Crippen LogP) is 6.02. The predicted molar refractivity (Wildman–Crippen MR) is 130 cm³/mol. The van der Waals surface area contributed by atoms with Crippen molar-refractivity contribution in [3.05, 3.63) is 35.4 Å². The molecule has 2 rings (SSSR count). The van der Waals surface area contributed by atoms with Gasteiger partial charge < -0.3 is 28.4 Å². The molecule has 2 aromatic carbocycles. The Morgan fingerprint density at radius 2 is 0.875 bits per heavy atom. The third-order valence-corrected chi connectivity index (χ3v) is 5.03. The van der Waals surface area contributed by atoms with E-state index in [0.29, 0.717) is 17.2 Å². The quantitative estimate of drug-likeness (QED) is 0.539. The van der Waals surface area contributed by atoms with E-state index in [9.17, 15) is 0 Å². The van der Waals surface area contributed by atoms with E-state index in [1.165, 1.54) is 0 Å². The van der Waals surface area contributed by atoms with Gasteiger partial charge in [-0.15, -0.1) is 0 Å². The monoisotopic (exact) mass is 448 g/mol. The number of hydrogen-bond acceptors (Lipinski definition) is 6. The summed E-state index contributed by atoms with van der Waals surface area (Å²) in [7, 11) is 9.80. The van der Waals surface area contributed by atoms with Crippen LogP contribution in [0.5, 0.6) is 34.5 Å². The smallest absolute Gasteiger partial charge is 0.203 e. The first kappa shape index (κ1) is 27.3. The van der Waals surface area contributed by atoms with Crippen molar-refractivity contribution >= 4 is 0 Å². The van der Waals surface area contributed by atoms with Gasteiger partial charge in [-0.05, 0) is 23.0 Å². The topological polar surface area (TPSA) is 55.4 Å². The zero-order valence-corrected chi connectivity index (χ0v) is 21.8. The average molecular weight is 449 g/mol. The molecule has 0 bridgehead atoms. The molecule has 6 nitrogen and oxygen atoms in total. The number of ether oxygens (including phenoxy) is 6. The van der Waals surface area contributed by atoms with Crippen molar-refractivity contribution in [2.24, 2.45) is 0 Å². The minimum absolute atomic E-state index is 0.00486. The Morgan fingerprint density at radius 3 is 1.25 bits per heavy atom. The second kappa shape index (κ2) is 11.2. The Balaban J connectivity index is 0.000000320. The Morgan fingerprint density at radius 1 is 0.438 bits per heavy atom. The van der Waals surface area contributed by atoms with Crippen LogP contribution in [0.1, 0.15) is 52.7 Å². The molecule has 0 unspecified atom stereocenters. The molecule has 0 aromatic heterocycles. The van der Waals surface area contributed by atoms with E-state index in [-0.39, 0.29) is 10.8 Å². The second-order valence-corrected chi connectivity index (χ2v) is 9.29. The molecule has 0 radical (unpaired) electrons. The Bertz CT molecular complexity index is 861. The summed E-state index contributed by atoms with van der Waals surface area (Å²) in [6.07, 6.45) is 0. The van der Waals surface area contributed by atoms with Gasteiger partial charge in [0.1, 0.15) is 5.75 Å². The van der Waals surface area contributed by atoms with Crippen LogP contribution < -0.4 is 28.4 Å². The van der Waals surface area contributed by atoms with Gasteiger partial charge in [0, 0.05) is 17.2 Å². The fourth-order valence-corrected chi connectivity index (χ4v) is 3.31. The van der Waals surface area contributed by atoms with Crippen molar-refractivity contribution in [3.63, 3.8) is 0 Å². The molecule has 0 saturated carbocycles. The molecule has 180 valence electrons. The van der Waals surface area contributed by atoms with Gasteiger partial charge in [0.05, 0.1) is 42.7 Å². The molecule has 0 heterocycles. The number of methoxy groups -OCH3 is 6. The van der Waals surface area contributed by atoms with Crippen molar-refractivity contribution in [1.29, 1.82) is 0 Å². The van der Waals surface area contributed by atoms with Crippen molar-refractivity contribution in [2.45, 2.75) is 52.4 Å². The summed E-state index contributed by atoms with van der Waals surface area (Å²) < 4.78 is 31.9.